The van der Waals surface area contributed by atoms with E-state index in [9.17, 15) is 14.4 Å². The molecule has 1 aromatic heterocycles. The molecule has 10 nitrogen and oxygen atoms in total. The van der Waals surface area contributed by atoms with Crippen LogP contribution < -0.4 is 29.1 Å². The van der Waals surface area contributed by atoms with E-state index in [1.807, 2.05) is 49.4 Å². The second kappa shape index (κ2) is 13.2. The summed E-state index contributed by atoms with van der Waals surface area (Å²) in [5.41, 5.74) is 1.80. The zero-order valence-corrected chi connectivity index (χ0v) is 25.9. The van der Waals surface area contributed by atoms with E-state index in [1.54, 1.807) is 39.2 Å². The number of carbonyl (C=O) groups excluding carboxylic acids is 2. The van der Waals surface area contributed by atoms with Crippen molar-refractivity contribution in [2.75, 3.05) is 34.0 Å². The van der Waals surface area contributed by atoms with Crippen LogP contribution in [0, 0.1) is 0 Å². The van der Waals surface area contributed by atoms with Crippen molar-refractivity contribution in [1.29, 1.82) is 0 Å². The minimum Gasteiger partial charge on any atom is -0.496 e. The summed E-state index contributed by atoms with van der Waals surface area (Å²) in [6, 6.07) is 15.8. The summed E-state index contributed by atoms with van der Waals surface area (Å²) < 4.78 is 29.1. The number of fused-ring (bicyclic) bond motifs is 2. The van der Waals surface area contributed by atoms with Crippen LogP contribution in [0.5, 0.6) is 17.2 Å². The van der Waals surface area contributed by atoms with Crippen LogP contribution in [0.2, 0.25) is 0 Å². The second-order valence-corrected chi connectivity index (χ2v) is 10.7. The molecule has 0 saturated carbocycles. The van der Waals surface area contributed by atoms with Gasteiger partial charge in [0.1, 0.15) is 5.75 Å². The van der Waals surface area contributed by atoms with Gasteiger partial charge in [-0.2, -0.15) is 0 Å². The van der Waals surface area contributed by atoms with Crippen molar-refractivity contribution >= 4 is 40.1 Å². The molecule has 1 aliphatic rings. The van der Waals surface area contributed by atoms with E-state index in [0.717, 1.165) is 22.1 Å². The van der Waals surface area contributed by atoms with E-state index in [2.05, 4.69) is 9.73 Å². The third-order valence-electron chi connectivity index (χ3n) is 7.10. The van der Waals surface area contributed by atoms with Gasteiger partial charge in [0.15, 0.2) is 22.9 Å². The maximum Gasteiger partial charge on any atom is 0.343 e. The van der Waals surface area contributed by atoms with Crippen molar-refractivity contribution in [3.63, 3.8) is 0 Å². The fourth-order valence-electron chi connectivity index (χ4n) is 5.12. The molecule has 4 aromatic rings. The summed E-state index contributed by atoms with van der Waals surface area (Å²) in [7, 11) is 2.90. The van der Waals surface area contributed by atoms with E-state index in [0.29, 0.717) is 38.7 Å². The van der Waals surface area contributed by atoms with Crippen molar-refractivity contribution in [1.82, 2.24) is 4.57 Å². The molecular formula is C33H32N2O8S. The SMILES string of the molecule is CCOC(=O)C1=C(C)N=c2s/c(=C\c3ccc(OC)c4ccccc34)c(=O)n2[C@H]1c1ccc(OCC(=O)OC)c(OCC)c1. The number of aromatic nitrogens is 1. The smallest absolute Gasteiger partial charge is 0.343 e. The third-order valence-corrected chi connectivity index (χ3v) is 8.08. The average molecular weight is 617 g/mol. The van der Waals surface area contributed by atoms with Gasteiger partial charge < -0.3 is 23.7 Å². The van der Waals surface area contributed by atoms with Gasteiger partial charge in [-0.25, -0.2) is 14.6 Å². The van der Waals surface area contributed by atoms with Gasteiger partial charge in [-0.15, -0.1) is 0 Å². The normalized spacial score (nSPS) is 14.6. The number of carbonyl (C=O) groups is 2. The summed E-state index contributed by atoms with van der Waals surface area (Å²) in [6.07, 6.45) is 1.83. The number of nitrogens with zero attached hydrogens (tertiary/aromatic N) is 2. The number of hydrogen-bond donors (Lipinski definition) is 0. The molecule has 1 aliphatic heterocycles. The minimum absolute atomic E-state index is 0.155. The molecule has 0 saturated heterocycles. The Kier molecular flexibility index (Phi) is 9.15. The average Bonchev–Trinajstić information content (AvgIpc) is 3.33. The van der Waals surface area contributed by atoms with Crippen LogP contribution in [0.1, 0.15) is 37.9 Å². The monoisotopic (exact) mass is 616 g/mol. The summed E-state index contributed by atoms with van der Waals surface area (Å²) in [5, 5.41) is 1.86. The van der Waals surface area contributed by atoms with Gasteiger partial charge in [0.05, 0.1) is 49.3 Å². The highest BCUT2D eigenvalue weighted by molar-refractivity contribution is 7.07. The Bertz CT molecular complexity index is 1960. The molecule has 0 N–H and O–H groups in total. The Balaban J connectivity index is 1.70. The Labute approximate surface area is 257 Å². The molecule has 0 amide bonds. The zero-order chi connectivity index (χ0) is 31.4. The van der Waals surface area contributed by atoms with Gasteiger partial charge in [0.25, 0.3) is 5.56 Å². The Morgan fingerprint density at radius 3 is 2.41 bits per heavy atom. The summed E-state index contributed by atoms with van der Waals surface area (Å²) >= 11 is 1.24. The number of ether oxygens (including phenoxy) is 5. The molecule has 0 unspecified atom stereocenters. The number of esters is 2. The first-order valence-corrected chi connectivity index (χ1v) is 14.8. The van der Waals surface area contributed by atoms with Gasteiger partial charge in [0, 0.05) is 5.39 Å². The molecule has 228 valence electrons. The number of thiazole rings is 1. The maximum atomic E-state index is 14.2. The van der Waals surface area contributed by atoms with Crippen LogP contribution >= 0.6 is 11.3 Å². The van der Waals surface area contributed by atoms with Crippen molar-refractivity contribution in [2.45, 2.75) is 26.8 Å². The zero-order valence-electron chi connectivity index (χ0n) is 25.0. The van der Waals surface area contributed by atoms with E-state index in [4.69, 9.17) is 18.9 Å². The Morgan fingerprint density at radius 1 is 0.955 bits per heavy atom. The van der Waals surface area contributed by atoms with E-state index in [-0.39, 0.29) is 24.3 Å². The van der Waals surface area contributed by atoms with Crippen molar-refractivity contribution in [3.05, 3.63) is 96.7 Å². The largest absolute Gasteiger partial charge is 0.496 e. The fraction of sp³-hybridized carbons (Fsp3) is 0.273. The minimum atomic E-state index is -0.853. The topological polar surface area (TPSA) is 115 Å². The molecule has 1 atom stereocenters. The van der Waals surface area contributed by atoms with Gasteiger partial charge in [-0.05, 0) is 61.6 Å². The van der Waals surface area contributed by atoms with Crippen molar-refractivity contribution in [2.24, 2.45) is 4.99 Å². The standard InChI is InChI=1S/C33H32N2O8S/c1-6-41-26-16-21(13-15-25(26)43-18-28(36)40-5)30-29(32(38)42-7-2)19(3)34-33-35(30)31(37)27(44-33)17-20-12-14-24(39-4)23-11-9-8-10-22(20)23/h8-17,30H,6-7,18H2,1-5H3/b27-17-/t30-/m0/s1. The summed E-state index contributed by atoms with van der Waals surface area (Å²) in [4.78, 5) is 44.3. The Hall–Kier alpha value is -4.90. The quantitative estimate of drug-likeness (QED) is 0.247. The van der Waals surface area contributed by atoms with Crippen LogP contribution in [0.4, 0.5) is 0 Å². The molecule has 0 bridgehead atoms. The molecular weight excluding hydrogens is 584 g/mol. The number of benzene rings is 3. The van der Waals surface area contributed by atoms with Crippen LogP contribution in [0.15, 0.2) is 75.7 Å². The second-order valence-electron chi connectivity index (χ2n) is 9.71. The van der Waals surface area contributed by atoms with Gasteiger partial charge in [-0.1, -0.05) is 47.7 Å². The molecule has 44 heavy (non-hydrogen) atoms. The molecule has 3 aromatic carbocycles. The first-order valence-electron chi connectivity index (χ1n) is 14.0. The lowest BCUT2D eigenvalue weighted by Crippen LogP contribution is -2.40. The highest BCUT2D eigenvalue weighted by Gasteiger charge is 2.34. The number of hydrogen-bond acceptors (Lipinski definition) is 10. The summed E-state index contributed by atoms with van der Waals surface area (Å²) in [6.45, 7) is 5.43. The number of methoxy groups -OCH3 is 2. The molecule has 2 heterocycles. The van der Waals surface area contributed by atoms with Gasteiger partial charge in [-0.3, -0.25) is 9.36 Å². The van der Waals surface area contributed by atoms with E-state index in [1.165, 1.54) is 23.0 Å². The molecule has 0 fully saturated rings. The van der Waals surface area contributed by atoms with Gasteiger partial charge >= 0.3 is 11.9 Å². The fourth-order valence-corrected chi connectivity index (χ4v) is 6.16. The van der Waals surface area contributed by atoms with E-state index < -0.39 is 18.0 Å². The first-order chi connectivity index (χ1) is 21.3. The molecule has 11 heteroatoms. The van der Waals surface area contributed by atoms with Gasteiger partial charge in [0.2, 0.25) is 0 Å². The first kappa shape index (κ1) is 30.6. The number of rotatable bonds is 10. The lowest BCUT2D eigenvalue weighted by molar-refractivity contribution is -0.143. The molecule has 0 radical (unpaired) electrons. The maximum absolute atomic E-state index is 14.2. The molecule has 5 rings (SSSR count). The predicted octanol–water partition coefficient (Wildman–Crippen LogP) is 3.91. The summed E-state index contributed by atoms with van der Waals surface area (Å²) in [5.74, 6) is 0.282. The highest BCUT2D eigenvalue weighted by atomic mass is 32.1. The molecule has 0 spiro atoms. The highest BCUT2D eigenvalue weighted by Crippen LogP contribution is 2.36. The third kappa shape index (κ3) is 5.83. The van der Waals surface area contributed by atoms with Crippen molar-refractivity contribution < 1.29 is 33.3 Å². The number of allylic oxidation sites excluding steroid dienone is 1. The lowest BCUT2D eigenvalue weighted by atomic mass is 9.95. The van der Waals surface area contributed by atoms with E-state index >= 15 is 0 Å². The van der Waals surface area contributed by atoms with Crippen LogP contribution in [0.25, 0.3) is 16.8 Å². The van der Waals surface area contributed by atoms with Crippen molar-refractivity contribution in [3.8, 4) is 17.2 Å². The molecule has 0 aliphatic carbocycles. The Morgan fingerprint density at radius 2 is 1.70 bits per heavy atom. The van der Waals surface area contributed by atoms with Crippen LogP contribution in [-0.4, -0.2) is 50.5 Å². The lowest BCUT2D eigenvalue weighted by Gasteiger charge is -2.25. The van der Waals surface area contributed by atoms with Crippen LogP contribution in [0.3, 0.4) is 0 Å². The van der Waals surface area contributed by atoms with Crippen LogP contribution in [-0.2, 0) is 19.1 Å². The predicted molar refractivity (Wildman–Crippen MR) is 166 cm³/mol.